The van der Waals surface area contributed by atoms with Crippen molar-refractivity contribution >= 4 is 0 Å². The summed E-state index contributed by atoms with van der Waals surface area (Å²) < 4.78 is 34.6. The van der Waals surface area contributed by atoms with Gasteiger partial charge in [-0.1, -0.05) is 13.3 Å². The van der Waals surface area contributed by atoms with Gasteiger partial charge in [0.25, 0.3) is 0 Å². The molecule has 0 aromatic heterocycles. The van der Waals surface area contributed by atoms with E-state index < -0.39 is 12.8 Å². The van der Waals surface area contributed by atoms with Crippen LogP contribution >= 0.6 is 0 Å². The van der Waals surface area contributed by atoms with E-state index in [2.05, 4.69) is 10.3 Å². The van der Waals surface area contributed by atoms with Crippen LogP contribution in [0.25, 0.3) is 0 Å². The Balaban J connectivity index is 3.31. The lowest BCUT2D eigenvalue weighted by atomic mass is 10.2. The summed E-state index contributed by atoms with van der Waals surface area (Å²) in [5.41, 5.74) is 2.32. The third kappa shape index (κ3) is 7.81. The SMILES string of the molecule is CCCC(C)NOCC(F)(F)F. The molecule has 0 amide bonds. The van der Waals surface area contributed by atoms with Gasteiger partial charge in [-0.15, -0.1) is 0 Å². The summed E-state index contributed by atoms with van der Waals surface area (Å²) in [6.45, 7) is 2.50. The highest BCUT2D eigenvalue weighted by Gasteiger charge is 2.27. The van der Waals surface area contributed by atoms with Gasteiger partial charge in [0, 0.05) is 6.04 Å². The van der Waals surface area contributed by atoms with Crippen LogP contribution in [-0.4, -0.2) is 18.8 Å². The van der Waals surface area contributed by atoms with Crippen molar-refractivity contribution in [2.75, 3.05) is 6.61 Å². The zero-order valence-electron chi connectivity index (χ0n) is 7.24. The van der Waals surface area contributed by atoms with Crippen LogP contribution in [0.1, 0.15) is 26.7 Å². The van der Waals surface area contributed by atoms with Gasteiger partial charge in [-0.3, -0.25) is 4.84 Å². The van der Waals surface area contributed by atoms with E-state index in [1.165, 1.54) is 0 Å². The highest BCUT2D eigenvalue weighted by Crippen LogP contribution is 2.13. The van der Waals surface area contributed by atoms with E-state index in [1.54, 1.807) is 6.92 Å². The first-order valence-corrected chi connectivity index (χ1v) is 3.89. The summed E-state index contributed by atoms with van der Waals surface area (Å²) >= 11 is 0. The summed E-state index contributed by atoms with van der Waals surface area (Å²) in [6.07, 6.45) is -2.53. The number of alkyl halides is 3. The minimum absolute atomic E-state index is 0.0302. The fourth-order valence-electron chi connectivity index (χ4n) is 0.758. The first-order chi connectivity index (χ1) is 5.45. The van der Waals surface area contributed by atoms with Gasteiger partial charge in [0.15, 0.2) is 6.61 Å². The first kappa shape index (κ1) is 11.7. The second-order valence-corrected chi connectivity index (χ2v) is 2.71. The molecule has 2 nitrogen and oxygen atoms in total. The summed E-state index contributed by atoms with van der Waals surface area (Å²) in [7, 11) is 0. The lowest BCUT2D eigenvalue weighted by Gasteiger charge is -2.13. The van der Waals surface area contributed by atoms with Gasteiger partial charge in [-0.05, 0) is 13.3 Å². The number of rotatable bonds is 5. The first-order valence-electron chi connectivity index (χ1n) is 3.89. The van der Waals surface area contributed by atoms with E-state index >= 15 is 0 Å². The molecule has 0 aliphatic heterocycles. The van der Waals surface area contributed by atoms with Crippen LogP contribution in [-0.2, 0) is 4.84 Å². The molecule has 12 heavy (non-hydrogen) atoms. The van der Waals surface area contributed by atoms with Gasteiger partial charge in [-0.25, -0.2) is 0 Å². The van der Waals surface area contributed by atoms with Gasteiger partial charge >= 0.3 is 6.18 Å². The average Bonchev–Trinajstić information content (AvgIpc) is 1.84. The zero-order chi connectivity index (χ0) is 9.61. The van der Waals surface area contributed by atoms with Crippen LogP contribution < -0.4 is 5.48 Å². The standard InChI is InChI=1S/C7H14F3NO/c1-3-4-6(2)11-12-5-7(8,9)10/h6,11H,3-5H2,1-2H3. The topological polar surface area (TPSA) is 21.3 Å². The van der Waals surface area contributed by atoms with Crippen LogP contribution in [0.3, 0.4) is 0 Å². The maximum absolute atomic E-state index is 11.5. The van der Waals surface area contributed by atoms with E-state index in [0.717, 1.165) is 12.8 Å². The Morgan fingerprint density at radius 3 is 2.42 bits per heavy atom. The molecule has 0 bridgehead atoms. The third-order valence-corrected chi connectivity index (χ3v) is 1.24. The number of hydrogen-bond acceptors (Lipinski definition) is 2. The van der Waals surface area contributed by atoms with Crippen LogP contribution in [0.2, 0.25) is 0 Å². The van der Waals surface area contributed by atoms with E-state index in [9.17, 15) is 13.2 Å². The number of halogens is 3. The van der Waals surface area contributed by atoms with Crippen LogP contribution in [0.4, 0.5) is 13.2 Å². The molecule has 0 aromatic carbocycles. The van der Waals surface area contributed by atoms with Gasteiger partial charge in [0.05, 0.1) is 0 Å². The maximum Gasteiger partial charge on any atom is 0.413 e. The van der Waals surface area contributed by atoms with Crippen molar-refractivity contribution in [1.29, 1.82) is 0 Å². The van der Waals surface area contributed by atoms with Crippen molar-refractivity contribution in [2.45, 2.75) is 38.9 Å². The van der Waals surface area contributed by atoms with Crippen molar-refractivity contribution in [3.63, 3.8) is 0 Å². The van der Waals surface area contributed by atoms with Crippen LogP contribution in [0.5, 0.6) is 0 Å². The highest BCUT2D eigenvalue weighted by molar-refractivity contribution is 4.52. The number of hydrogen-bond donors (Lipinski definition) is 1. The van der Waals surface area contributed by atoms with Crippen molar-refractivity contribution in [3.05, 3.63) is 0 Å². The van der Waals surface area contributed by atoms with Crippen molar-refractivity contribution in [3.8, 4) is 0 Å². The van der Waals surface area contributed by atoms with Crippen LogP contribution in [0, 0.1) is 0 Å². The average molecular weight is 185 g/mol. The number of hydroxylamine groups is 1. The molecular formula is C7H14F3NO. The number of nitrogens with one attached hydrogen (secondary N) is 1. The quantitative estimate of drug-likeness (QED) is 0.663. The molecule has 0 spiro atoms. The van der Waals surface area contributed by atoms with Gasteiger partial charge in [-0.2, -0.15) is 18.7 Å². The van der Waals surface area contributed by atoms with Gasteiger partial charge in [0.1, 0.15) is 0 Å². The molecule has 1 atom stereocenters. The summed E-state index contributed by atoms with van der Waals surface area (Å²) in [5.74, 6) is 0. The molecule has 0 heterocycles. The molecule has 0 saturated carbocycles. The summed E-state index contributed by atoms with van der Waals surface area (Å²) in [4.78, 5) is 4.24. The molecule has 0 aliphatic rings. The second kappa shape index (κ2) is 5.37. The molecule has 1 unspecified atom stereocenters. The van der Waals surface area contributed by atoms with E-state index in [4.69, 9.17) is 0 Å². The smallest absolute Gasteiger partial charge is 0.292 e. The van der Waals surface area contributed by atoms with E-state index in [-0.39, 0.29) is 6.04 Å². The fraction of sp³-hybridized carbons (Fsp3) is 1.00. The van der Waals surface area contributed by atoms with Crippen molar-refractivity contribution in [1.82, 2.24) is 5.48 Å². The predicted octanol–water partition coefficient (Wildman–Crippen LogP) is 2.26. The lowest BCUT2D eigenvalue weighted by Crippen LogP contribution is -2.30. The minimum atomic E-state index is -4.25. The Hall–Kier alpha value is -0.290. The molecular weight excluding hydrogens is 171 g/mol. The molecule has 0 rings (SSSR count). The zero-order valence-corrected chi connectivity index (χ0v) is 7.24. The molecule has 74 valence electrons. The maximum atomic E-state index is 11.5. The summed E-state index contributed by atoms with van der Waals surface area (Å²) in [5, 5.41) is 0. The Morgan fingerprint density at radius 1 is 1.42 bits per heavy atom. The second-order valence-electron chi connectivity index (χ2n) is 2.71. The van der Waals surface area contributed by atoms with Crippen molar-refractivity contribution < 1.29 is 18.0 Å². The summed E-state index contributed by atoms with van der Waals surface area (Å²) in [6, 6.07) is -0.0302. The minimum Gasteiger partial charge on any atom is -0.292 e. The normalized spacial score (nSPS) is 14.8. The third-order valence-electron chi connectivity index (χ3n) is 1.24. The van der Waals surface area contributed by atoms with E-state index in [1.807, 2.05) is 6.92 Å². The van der Waals surface area contributed by atoms with Crippen LogP contribution in [0.15, 0.2) is 0 Å². The molecule has 0 aromatic rings. The lowest BCUT2D eigenvalue weighted by molar-refractivity contribution is -0.192. The van der Waals surface area contributed by atoms with E-state index in [0.29, 0.717) is 0 Å². The fourth-order valence-corrected chi connectivity index (χ4v) is 0.758. The highest BCUT2D eigenvalue weighted by atomic mass is 19.4. The largest absolute Gasteiger partial charge is 0.413 e. The Morgan fingerprint density at radius 2 is 2.00 bits per heavy atom. The molecule has 0 fully saturated rings. The molecule has 0 aliphatic carbocycles. The molecule has 0 saturated heterocycles. The Bertz CT molecular complexity index is 116. The van der Waals surface area contributed by atoms with Gasteiger partial charge < -0.3 is 0 Å². The molecule has 1 N–H and O–H groups in total. The van der Waals surface area contributed by atoms with Gasteiger partial charge in [0.2, 0.25) is 0 Å². The van der Waals surface area contributed by atoms with Crippen molar-refractivity contribution in [2.24, 2.45) is 0 Å². The molecule has 0 radical (unpaired) electrons. The predicted molar refractivity (Wildman–Crippen MR) is 39.5 cm³/mol. The Kier molecular flexibility index (Phi) is 5.24. The monoisotopic (exact) mass is 185 g/mol. The Labute approximate surface area is 70.0 Å². The molecule has 5 heteroatoms.